The van der Waals surface area contributed by atoms with Crippen molar-refractivity contribution in [2.75, 3.05) is 12.8 Å². The summed E-state index contributed by atoms with van der Waals surface area (Å²) in [6.07, 6.45) is 3.51. The summed E-state index contributed by atoms with van der Waals surface area (Å²) >= 11 is 0. The van der Waals surface area contributed by atoms with E-state index < -0.39 is 22.0 Å². The van der Waals surface area contributed by atoms with Gasteiger partial charge in [-0.25, -0.2) is 13.2 Å². The van der Waals surface area contributed by atoms with Gasteiger partial charge in [0.15, 0.2) is 9.84 Å². The Hall–Kier alpha value is -2.60. The van der Waals surface area contributed by atoms with Gasteiger partial charge < -0.3 is 5.11 Å². The molecule has 1 aliphatic heterocycles. The molecule has 1 N–H and O–H groups in total. The standard InChI is InChI=1S/C20H21NO4S/c1-26(24,25)18-12-6-5-11-17(18)19-16(10-7-13-21(19)20(22)23)14-15-8-3-2-4-9-15/h2-6,8-9,11-12,14,19H,7,10,13H2,1H3,(H,22,23)/b16-14-. The lowest BCUT2D eigenvalue weighted by atomic mass is 9.89. The van der Waals surface area contributed by atoms with Crippen LogP contribution in [0.25, 0.3) is 6.08 Å². The van der Waals surface area contributed by atoms with Crippen LogP contribution in [0.5, 0.6) is 0 Å². The topological polar surface area (TPSA) is 74.7 Å². The van der Waals surface area contributed by atoms with Crippen molar-refractivity contribution in [2.24, 2.45) is 0 Å². The van der Waals surface area contributed by atoms with Gasteiger partial charge in [0.25, 0.3) is 0 Å². The summed E-state index contributed by atoms with van der Waals surface area (Å²) in [7, 11) is -3.48. The Balaban J connectivity index is 2.18. The van der Waals surface area contributed by atoms with Crippen LogP contribution in [-0.2, 0) is 9.84 Å². The van der Waals surface area contributed by atoms with Crippen molar-refractivity contribution in [3.63, 3.8) is 0 Å². The van der Waals surface area contributed by atoms with Crippen molar-refractivity contribution < 1.29 is 18.3 Å². The van der Waals surface area contributed by atoms with Crippen LogP contribution in [-0.4, -0.2) is 37.3 Å². The van der Waals surface area contributed by atoms with Gasteiger partial charge in [0.05, 0.1) is 10.9 Å². The summed E-state index contributed by atoms with van der Waals surface area (Å²) < 4.78 is 24.5. The molecule has 6 heteroatoms. The van der Waals surface area contributed by atoms with Crippen LogP contribution >= 0.6 is 0 Å². The number of carboxylic acid groups (broad SMARTS) is 1. The molecule has 5 nitrogen and oxygen atoms in total. The highest BCUT2D eigenvalue weighted by Crippen LogP contribution is 2.39. The summed E-state index contributed by atoms with van der Waals surface area (Å²) in [5.74, 6) is 0. The van der Waals surface area contributed by atoms with E-state index in [1.807, 2.05) is 36.4 Å². The highest BCUT2D eigenvalue weighted by Gasteiger charge is 2.34. The zero-order valence-electron chi connectivity index (χ0n) is 14.5. The SMILES string of the molecule is CS(=O)(=O)c1ccccc1C1/C(=C\c2ccccc2)CCCN1C(=O)O. The minimum absolute atomic E-state index is 0.178. The van der Waals surface area contributed by atoms with E-state index in [0.717, 1.165) is 23.8 Å². The third kappa shape index (κ3) is 3.80. The Morgan fingerprint density at radius 1 is 1.12 bits per heavy atom. The summed E-state index contributed by atoms with van der Waals surface area (Å²) in [4.78, 5) is 13.4. The highest BCUT2D eigenvalue weighted by atomic mass is 32.2. The van der Waals surface area contributed by atoms with Crippen LogP contribution in [0.3, 0.4) is 0 Å². The van der Waals surface area contributed by atoms with Crippen molar-refractivity contribution in [1.29, 1.82) is 0 Å². The maximum absolute atomic E-state index is 12.3. The lowest BCUT2D eigenvalue weighted by Gasteiger charge is -2.37. The predicted molar refractivity (Wildman–Crippen MR) is 101 cm³/mol. The van der Waals surface area contributed by atoms with Crippen LogP contribution in [0, 0.1) is 0 Å². The van der Waals surface area contributed by atoms with Gasteiger partial charge in [-0.05, 0) is 35.6 Å². The number of carbonyl (C=O) groups is 1. The van der Waals surface area contributed by atoms with E-state index >= 15 is 0 Å². The van der Waals surface area contributed by atoms with E-state index in [9.17, 15) is 18.3 Å². The molecule has 1 heterocycles. The first-order chi connectivity index (χ1) is 12.4. The molecule has 2 aromatic carbocycles. The molecule has 3 rings (SSSR count). The summed E-state index contributed by atoms with van der Waals surface area (Å²) in [5.41, 5.74) is 2.39. The Kier molecular flexibility index (Phi) is 5.13. The molecule has 1 fully saturated rings. The molecule has 0 spiro atoms. The lowest BCUT2D eigenvalue weighted by molar-refractivity contribution is 0.122. The normalized spacial score (nSPS) is 19.5. The Morgan fingerprint density at radius 3 is 2.42 bits per heavy atom. The Morgan fingerprint density at radius 2 is 1.77 bits per heavy atom. The molecular weight excluding hydrogens is 350 g/mol. The smallest absolute Gasteiger partial charge is 0.408 e. The summed E-state index contributed by atoms with van der Waals surface area (Å²) in [5, 5.41) is 9.70. The summed E-state index contributed by atoms with van der Waals surface area (Å²) in [6.45, 7) is 0.379. The highest BCUT2D eigenvalue weighted by molar-refractivity contribution is 7.90. The van der Waals surface area contributed by atoms with Gasteiger partial charge in [0.1, 0.15) is 0 Å². The van der Waals surface area contributed by atoms with Crippen molar-refractivity contribution in [3.05, 3.63) is 71.3 Å². The van der Waals surface area contributed by atoms with E-state index in [0.29, 0.717) is 18.5 Å². The van der Waals surface area contributed by atoms with Gasteiger partial charge in [-0.15, -0.1) is 0 Å². The van der Waals surface area contributed by atoms with Gasteiger partial charge in [-0.3, -0.25) is 4.90 Å². The molecule has 1 atom stereocenters. The second-order valence-electron chi connectivity index (χ2n) is 6.42. The number of benzene rings is 2. The van der Waals surface area contributed by atoms with Gasteiger partial charge in [0, 0.05) is 12.8 Å². The average Bonchev–Trinajstić information content (AvgIpc) is 2.61. The van der Waals surface area contributed by atoms with E-state index in [2.05, 4.69) is 0 Å². The van der Waals surface area contributed by atoms with Gasteiger partial charge in [-0.1, -0.05) is 54.6 Å². The largest absolute Gasteiger partial charge is 0.465 e. The quantitative estimate of drug-likeness (QED) is 0.885. The first-order valence-corrected chi connectivity index (χ1v) is 10.3. The molecule has 1 amide bonds. The molecule has 136 valence electrons. The van der Waals surface area contributed by atoms with Crippen molar-refractivity contribution >= 4 is 22.0 Å². The summed E-state index contributed by atoms with van der Waals surface area (Å²) in [6, 6.07) is 15.7. The fourth-order valence-electron chi connectivity index (χ4n) is 3.45. The number of sulfone groups is 1. The van der Waals surface area contributed by atoms with E-state index in [1.165, 1.54) is 4.90 Å². The van der Waals surface area contributed by atoms with Crippen molar-refractivity contribution in [2.45, 2.75) is 23.8 Å². The van der Waals surface area contributed by atoms with Crippen LogP contribution in [0.2, 0.25) is 0 Å². The third-order valence-electron chi connectivity index (χ3n) is 4.54. The molecule has 26 heavy (non-hydrogen) atoms. The van der Waals surface area contributed by atoms with Gasteiger partial charge in [-0.2, -0.15) is 0 Å². The fraction of sp³-hybridized carbons (Fsp3) is 0.250. The molecule has 0 aromatic heterocycles. The zero-order chi connectivity index (χ0) is 18.7. The Bertz CT molecular complexity index is 935. The molecule has 0 radical (unpaired) electrons. The second kappa shape index (κ2) is 7.33. The van der Waals surface area contributed by atoms with Gasteiger partial charge >= 0.3 is 6.09 Å². The molecule has 2 aromatic rings. The number of nitrogens with zero attached hydrogens (tertiary/aromatic N) is 1. The first-order valence-electron chi connectivity index (χ1n) is 8.42. The predicted octanol–water partition coefficient (Wildman–Crippen LogP) is 3.99. The van der Waals surface area contributed by atoms with E-state index in [1.54, 1.807) is 24.3 Å². The third-order valence-corrected chi connectivity index (χ3v) is 5.71. The molecule has 0 saturated carbocycles. The maximum Gasteiger partial charge on any atom is 0.408 e. The molecule has 1 aliphatic rings. The maximum atomic E-state index is 12.3. The minimum atomic E-state index is -3.48. The van der Waals surface area contributed by atoms with E-state index in [4.69, 9.17) is 0 Å². The number of piperidine rings is 1. The Labute approximate surface area is 153 Å². The number of amides is 1. The lowest BCUT2D eigenvalue weighted by Crippen LogP contribution is -2.39. The van der Waals surface area contributed by atoms with Crippen LogP contribution < -0.4 is 0 Å². The fourth-order valence-corrected chi connectivity index (χ4v) is 4.39. The second-order valence-corrected chi connectivity index (χ2v) is 8.41. The van der Waals surface area contributed by atoms with E-state index in [-0.39, 0.29) is 4.90 Å². The molecule has 0 aliphatic carbocycles. The van der Waals surface area contributed by atoms with Crippen LogP contribution in [0.4, 0.5) is 4.79 Å². The number of likely N-dealkylation sites (tertiary alicyclic amines) is 1. The van der Waals surface area contributed by atoms with Gasteiger partial charge in [0.2, 0.25) is 0 Å². The molecule has 0 bridgehead atoms. The number of rotatable bonds is 3. The monoisotopic (exact) mass is 371 g/mol. The molecule has 1 saturated heterocycles. The van der Waals surface area contributed by atoms with Crippen molar-refractivity contribution in [1.82, 2.24) is 4.90 Å². The average molecular weight is 371 g/mol. The zero-order valence-corrected chi connectivity index (χ0v) is 15.3. The van der Waals surface area contributed by atoms with Crippen molar-refractivity contribution in [3.8, 4) is 0 Å². The minimum Gasteiger partial charge on any atom is -0.465 e. The number of hydrogen-bond acceptors (Lipinski definition) is 3. The van der Waals surface area contributed by atoms with Crippen LogP contribution in [0.1, 0.15) is 30.0 Å². The van der Waals surface area contributed by atoms with Crippen LogP contribution in [0.15, 0.2) is 65.1 Å². The molecule has 1 unspecified atom stereocenters. The molecular formula is C20H21NO4S. The number of hydrogen-bond donors (Lipinski definition) is 1. The first kappa shape index (κ1) is 18.2.